The lowest BCUT2D eigenvalue weighted by Gasteiger charge is -2.29. The third-order valence-electron chi connectivity index (χ3n) is 3.45. The Kier molecular flexibility index (Phi) is 3.24. The number of anilines is 1. The van der Waals surface area contributed by atoms with Crippen LogP contribution >= 0.6 is 0 Å². The van der Waals surface area contributed by atoms with E-state index in [4.69, 9.17) is 5.26 Å². The summed E-state index contributed by atoms with van der Waals surface area (Å²) in [4.78, 5) is 1.69. The Bertz CT molecular complexity index is 759. The Morgan fingerprint density at radius 3 is 2.59 bits per heavy atom. The first-order chi connectivity index (χ1) is 10.4. The molecule has 1 aromatic carbocycles. The second-order valence-corrected chi connectivity index (χ2v) is 4.79. The van der Waals surface area contributed by atoms with Crippen LogP contribution in [0.2, 0.25) is 0 Å². The highest BCUT2D eigenvalue weighted by molar-refractivity contribution is 5.50. The summed E-state index contributed by atoms with van der Waals surface area (Å²) < 4.78 is 52.9. The molecule has 0 saturated heterocycles. The molecule has 0 amide bonds. The topological polar surface area (TPSA) is 57.7 Å². The van der Waals surface area contributed by atoms with Crippen LogP contribution < -0.4 is 4.90 Å². The van der Waals surface area contributed by atoms with Gasteiger partial charge in [-0.1, -0.05) is 0 Å². The van der Waals surface area contributed by atoms with Gasteiger partial charge >= 0.3 is 6.18 Å². The van der Waals surface area contributed by atoms with Crippen molar-refractivity contribution in [1.82, 2.24) is 14.8 Å². The summed E-state index contributed by atoms with van der Waals surface area (Å²) in [5.41, 5.74) is 0.405. The molecule has 9 heteroatoms. The zero-order chi connectivity index (χ0) is 15.9. The second kappa shape index (κ2) is 4.98. The van der Waals surface area contributed by atoms with Crippen LogP contribution in [-0.4, -0.2) is 21.3 Å². The van der Waals surface area contributed by atoms with E-state index in [1.165, 1.54) is 12.1 Å². The van der Waals surface area contributed by atoms with Crippen molar-refractivity contribution in [2.75, 3.05) is 11.4 Å². The van der Waals surface area contributed by atoms with Gasteiger partial charge in [0.25, 0.3) is 0 Å². The van der Waals surface area contributed by atoms with Gasteiger partial charge in [0.05, 0.1) is 12.1 Å². The van der Waals surface area contributed by atoms with Crippen LogP contribution in [-0.2, 0) is 19.3 Å². The molecule has 0 bridgehead atoms. The van der Waals surface area contributed by atoms with Gasteiger partial charge in [0.2, 0.25) is 5.82 Å². The summed E-state index contributed by atoms with van der Waals surface area (Å²) in [6.07, 6.45) is -4.55. The van der Waals surface area contributed by atoms with Crippen molar-refractivity contribution >= 4 is 5.69 Å². The number of halogens is 4. The Labute approximate surface area is 122 Å². The number of nitriles is 1. The van der Waals surface area contributed by atoms with Crippen molar-refractivity contribution < 1.29 is 17.6 Å². The first-order valence-electron chi connectivity index (χ1n) is 6.34. The molecule has 2 aromatic rings. The zero-order valence-electron chi connectivity index (χ0n) is 11.1. The predicted octanol–water partition coefficient (Wildman–Crippen LogP) is 2.33. The Balaban J connectivity index is 1.88. The lowest BCUT2D eigenvalue weighted by molar-refractivity contribution is -0.147. The number of fused-ring (bicyclic) bond motifs is 1. The van der Waals surface area contributed by atoms with E-state index in [1.54, 1.807) is 17.0 Å². The van der Waals surface area contributed by atoms with Crippen molar-refractivity contribution in [1.29, 1.82) is 5.26 Å². The van der Waals surface area contributed by atoms with Crippen LogP contribution in [0.25, 0.3) is 0 Å². The van der Waals surface area contributed by atoms with E-state index in [0.717, 1.165) is 4.57 Å². The van der Waals surface area contributed by atoms with Crippen LogP contribution in [0.15, 0.2) is 18.2 Å². The Hall–Kier alpha value is -2.63. The van der Waals surface area contributed by atoms with E-state index in [9.17, 15) is 17.6 Å². The van der Waals surface area contributed by atoms with E-state index in [2.05, 4.69) is 10.2 Å². The number of hydrogen-bond donors (Lipinski definition) is 0. The molecular formula is C13H9F4N5. The molecule has 1 aromatic heterocycles. The monoisotopic (exact) mass is 311 g/mol. The molecule has 3 rings (SSSR count). The number of benzene rings is 1. The van der Waals surface area contributed by atoms with Crippen LogP contribution in [0.1, 0.15) is 17.2 Å². The molecule has 0 spiro atoms. The van der Waals surface area contributed by atoms with E-state index in [-0.39, 0.29) is 31.0 Å². The zero-order valence-corrected chi connectivity index (χ0v) is 11.1. The van der Waals surface area contributed by atoms with Crippen LogP contribution in [0.4, 0.5) is 23.2 Å². The standard InChI is InChI=1S/C13H9F4N5/c14-10-5-9(2-1-8(10)6-18)21-3-4-22-11(7-21)19-20-12(22)13(15,16)17/h1-2,5H,3-4,7H2. The number of hydrogen-bond acceptors (Lipinski definition) is 4. The summed E-state index contributed by atoms with van der Waals surface area (Å²) in [5, 5.41) is 15.4. The largest absolute Gasteiger partial charge is 0.451 e. The van der Waals surface area contributed by atoms with E-state index >= 15 is 0 Å². The molecule has 1 aliphatic rings. The normalized spacial score (nSPS) is 14.6. The van der Waals surface area contributed by atoms with Crippen molar-refractivity contribution in [3.05, 3.63) is 41.2 Å². The molecule has 2 heterocycles. The Morgan fingerprint density at radius 2 is 1.95 bits per heavy atom. The third kappa shape index (κ3) is 2.36. The maximum atomic E-state index is 13.6. The van der Waals surface area contributed by atoms with Crippen molar-refractivity contribution in [3.63, 3.8) is 0 Å². The molecule has 0 aliphatic carbocycles. The van der Waals surface area contributed by atoms with Crippen molar-refractivity contribution in [2.45, 2.75) is 19.3 Å². The van der Waals surface area contributed by atoms with E-state index < -0.39 is 17.8 Å². The fraction of sp³-hybridized carbons (Fsp3) is 0.308. The fourth-order valence-corrected chi connectivity index (χ4v) is 2.38. The number of rotatable bonds is 1. The van der Waals surface area contributed by atoms with E-state index in [1.807, 2.05) is 0 Å². The van der Waals surface area contributed by atoms with Crippen molar-refractivity contribution in [2.24, 2.45) is 0 Å². The summed E-state index contributed by atoms with van der Waals surface area (Å²) in [6.45, 7) is 0.409. The summed E-state index contributed by atoms with van der Waals surface area (Å²) in [7, 11) is 0. The maximum absolute atomic E-state index is 13.6. The van der Waals surface area contributed by atoms with Gasteiger partial charge in [0.15, 0.2) is 5.82 Å². The average molecular weight is 311 g/mol. The van der Waals surface area contributed by atoms with Gasteiger partial charge in [-0.25, -0.2) is 4.39 Å². The highest BCUT2D eigenvalue weighted by atomic mass is 19.4. The smallest absolute Gasteiger partial charge is 0.362 e. The SMILES string of the molecule is N#Cc1ccc(N2CCn3c(nnc3C(F)(F)F)C2)cc1F. The summed E-state index contributed by atoms with van der Waals surface area (Å²) in [5.74, 6) is -1.51. The minimum absolute atomic E-state index is 0.0544. The lowest BCUT2D eigenvalue weighted by Crippen LogP contribution is -2.35. The third-order valence-corrected chi connectivity index (χ3v) is 3.45. The van der Waals surface area contributed by atoms with Crippen LogP contribution in [0.5, 0.6) is 0 Å². The van der Waals surface area contributed by atoms with Gasteiger partial charge < -0.3 is 9.47 Å². The molecule has 1 aliphatic heterocycles. The first-order valence-corrected chi connectivity index (χ1v) is 6.34. The molecule has 0 radical (unpaired) electrons. The van der Waals surface area contributed by atoms with Crippen LogP contribution in [0, 0.1) is 17.1 Å². The van der Waals surface area contributed by atoms with Gasteiger partial charge in [-0.3, -0.25) is 0 Å². The number of alkyl halides is 3. The highest BCUT2D eigenvalue weighted by Crippen LogP contribution is 2.30. The molecule has 5 nitrogen and oxygen atoms in total. The molecule has 114 valence electrons. The van der Waals surface area contributed by atoms with Crippen LogP contribution in [0.3, 0.4) is 0 Å². The van der Waals surface area contributed by atoms with Gasteiger partial charge in [0, 0.05) is 18.8 Å². The minimum Gasteiger partial charge on any atom is -0.362 e. The molecule has 0 N–H and O–H groups in total. The summed E-state index contributed by atoms with van der Waals surface area (Å²) >= 11 is 0. The minimum atomic E-state index is -4.55. The quantitative estimate of drug-likeness (QED) is 0.759. The van der Waals surface area contributed by atoms with Gasteiger partial charge in [0.1, 0.15) is 11.9 Å². The Morgan fingerprint density at radius 1 is 1.18 bits per heavy atom. The molecular weight excluding hydrogens is 302 g/mol. The molecule has 0 unspecified atom stereocenters. The van der Waals surface area contributed by atoms with Crippen molar-refractivity contribution in [3.8, 4) is 6.07 Å². The maximum Gasteiger partial charge on any atom is 0.451 e. The number of nitrogens with zero attached hydrogens (tertiary/aromatic N) is 5. The molecule has 0 fully saturated rings. The molecule has 0 saturated carbocycles. The van der Waals surface area contributed by atoms with Gasteiger partial charge in [-0.05, 0) is 18.2 Å². The molecule has 22 heavy (non-hydrogen) atoms. The van der Waals surface area contributed by atoms with E-state index in [0.29, 0.717) is 5.69 Å². The van der Waals surface area contributed by atoms with Gasteiger partial charge in [-0.15, -0.1) is 10.2 Å². The van der Waals surface area contributed by atoms with Gasteiger partial charge in [-0.2, -0.15) is 18.4 Å². The lowest BCUT2D eigenvalue weighted by atomic mass is 10.2. The molecule has 0 atom stereocenters. The highest BCUT2D eigenvalue weighted by Gasteiger charge is 2.39. The predicted molar refractivity (Wildman–Crippen MR) is 67.2 cm³/mol. The first kappa shape index (κ1) is 14.3. The summed E-state index contributed by atoms with van der Waals surface area (Å²) in [6, 6.07) is 5.80. The number of aromatic nitrogens is 3. The fourth-order valence-electron chi connectivity index (χ4n) is 2.38. The second-order valence-electron chi connectivity index (χ2n) is 4.79. The average Bonchev–Trinajstić information content (AvgIpc) is 2.90.